The average molecular weight is 271 g/mol. The minimum atomic E-state index is 0.796. The molecule has 3 aliphatic rings. The molecule has 1 aromatic rings. The van der Waals surface area contributed by atoms with E-state index in [1.54, 1.807) is 5.56 Å². The van der Waals surface area contributed by atoms with Crippen LogP contribution in [0.1, 0.15) is 31.2 Å². The summed E-state index contributed by atoms with van der Waals surface area (Å²) in [7, 11) is 0. The van der Waals surface area contributed by atoms with Crippen LogP contribution in [0.25, 0.3) is 0 Å². The minimum absolute atomic E-state index is 0.796. The van der Waals surface area contributed by atoms with Gasteiger partial charge in [0.2, 0.25) is 0 Å². The Balaban J connectivity index is 1.53. The molecule has 20 heavy (non-hydrogen) atoms. The largest absolute Gasteiger partial charge is 0.385 e. The molecule has 0 radical (unpaired) electrons. The van der Waals surface area contributed by atoms with Crippen molar-refractivity contribution in [1.29, 1.82) is 0 Å². The Morgan fingerprint density at radius 2 is 1.95 bits per heavy atom. The van der Waals surface area contributed by atoms with Gasteiger partial charge < -0.3 is 10.2 Å². The maximum absolute atomic E-state index is 3.56. The maximum atomic E-state index is 3.56. The summed E-state index contributed by atoms with van der Waals surface area (Å²) in [5, 5.41) is 3.56. The number of nitrogens with one attached hydrogen (secondary N) is 1. The van der Waals surface area contributed by atoms with Gasteiger partial charge in [0.15, 0.2) is 0 Å². The summed E-state index contributed by atoms with van der Waals surface area (Å²) in [4.78, 5) is 5.35. The van der Waals surface area contributed by atoms with Crippen molar-refractivity contribution < 1.29 is 0 Å². The van der Waals surface area contributed by atoms with Gasteiger partial charge in [-0.1, -0.05) is 6.07 Å². The Morgan fingerprint density at radius 3 is 2.85 bits per heavy atom. The Kier molecular flexibility index (Phi) is 3.31. The van der Waals surface area contributed by atoms with E-state index in [1.165, 1.54) is 69.7 Å². The topological polar surface area (TPSA) is 18.5 Å². The molecule has 0 saturated carbocycles. The van der Waals surface area contributed by atoms with E-state index in [4.69, 9.17) is 0 Å². The van der Waals surface area contributed by atoms with Crippen LogP contribution in [0.5, 0.6) is 0 Å². The van der Waals surface area contributed by atoms with Crippen molar-refractivity contribution in [1.82, 2.24) is 4.90 Å². The van der Waals surface area contributed by atoms with Gasteiger partial charge in [-0.2, -0.15) is 0 Å². The summed E-state index contributed by atoms with van der Waals surface area (Å²) in [6.45, 7) is 6.25. The van der Waals surface area contributed by atoms with Crippen LogP contribution in [0.2, 0.25) is 0 Å². The summed E-state index contributed by atoms with van der Waals surface area (Å²) in [5.74, 6) is 0. The van der Waals surface area contributed by atoms with E-state index in [0.29, 0.717) is 0 Å². The lowest BCUT2D eigenvalue weighted by atomic mass is 10.0. The minimum Gasteiger partial charge on any atom is -0.385 e. The molecule has 3 aliphatic heterocycles. The van der Waals surface area contributed by atoms with Crippen LogP contribution in [0.4, 0.5) is 11.4 Å². The van der Waals surface area contributed by atoms with Gasteiger partial charge in [-0.15, -0.1) is 0 Å². The van der Waals surface area contributed by atoms with Gasteiger partial charge in [-0.3, -0.25) is 4.90 Å². The lowest BCUT2D eigenvalue weighted by molar-refractivity contribution is 0.260. The van der Waals surface area contributed by atoms with E-state index in [0.717, 1.165) is 12.6 Å². The molecule has 0 aliphatic carbocycles. The summed E-state index contributed by atoms with van der Waals surface area (Å²) in [6.07, 6.45) is 6.66. The lowest BCUT2D eigenvalue weighted by Crippen LogP contribution is -2.35. The molecule has 0 amide bonds. The van der Waals surface area contributed by atoms with Crippen LogP contribution in [0.15, 0.2) is 18.2 Å². The smallest absolute Gasteiger partial charge is 0.0420 e. The third kappa shape index (κ3) is 2.18. The molecule has 1 aromatic carbocycles. The maximum Gasteiger partial charge on any atom is 0.0420 e. The predicted molar refractivity (Wildman–Crippen MR) is 84.7 cm³/mol. The number of hydrogen-bond acceptors (Lipinski definition) is 3. The quantitative estimate of drug-likeness (QED) is 0.892. The fourth-order valence-electron chi connectivity index (χ4n) is 4.15. The van der Waals surface area contributed by atoms with Gasteiger partial charge in [0.05, 0.1) is 0 Å². The molecule has 3 heteroatoms. The lowest BCUT2D eigenvalue weighted by Gasteiger charge is -2.28. The molecular formula is C17H25N3. The predicted octanol–water partition coefficient (Wildman–Crippen LogP) is 2.72. The van der Waals surface area contributed by atoms with Crippen molar-refractivity contribution in [3.05, 3.63) is 23.8 Å². The molecule has 2 saturated heterocycles. The van der Waals surface area contributed by atoms with E-state index in [1.807, 2.05) is 0 Å². The second-order valence-electron chi connectivity index (χ2n) is 6.47. The van der Waals surface area contributed by atoms with Crippen molar-refractivity contribution in [2.24, 2.45) is 0 Å². The first-order valence-corrected chi connectivity index (χ1v) is 8.26. The fourth-order valence-corrected chi connectivity index (χ4v) is 4.15. The van der Waals surface area contributed by atoms with E-state index in [2.05, 4.69) is 33.3 Å². The number of hydrogen-bond donors (Lipinski definition) is 1. The zero-order chi connectivity index (χ0) is 13.4. The van der Waals surface area contributed by atoms with E-state index >= 15 is 0 Å². The van der Waals surface area contributed by atoms with Crippen molar-refractivity contribution >= 4 is 11.4 Å². The van der Waals surface area contributed by atoms with E-state index < -0.39 is 0 Å². The van der Waals surface area contributed by atoms with Crippen molar-refractivity contribution in [2.75, 3.05) is 42.9 Å². The highest BCUT2D eigenvalue weighted by Crippen LogP contribution is 2.34. The third-order valence-corrected chi connectivity index (χ3v) is 5.23. The second kappa shape index (κ2) is 5.28. The van der Waals surface area contributed by atoms with Crippen LogP contribution in [-0.2, 0) is 6.42 Å². The molecule has 2 fully saturated rings. The van der Waals surface area contributed by atoms with Crippen LogP contribution in [-0.4, -0.2) is 43.7 Å². The van der Waals surface area contributed by atoms with Gasteiger partial charge in [-0.05, 0) is 62.9 Å². The first kappa shape index (κ1) is 12.5. The molecule has 1 atom stereocenters. The fraction of sp³-hybridized carbons (Fsp3) is 0.647. The number of anilines is 2. The van der Waals surface area contributed by atoms with E-state index in [-0.39, 0.29) is 0 Å². The van der Waals surface area contributed by atoms with Crippen LogP contribution < -0.4 is 10.2 Å². The van der Waals surface area contributed by atoms with Gasteiger partial charge >= 0.3 is 0 Å². The Bertz CT molecular complexity index is 479. The standard InChI is InChI=1S/C17H25N3/c1-2-11-19(10-1)14-8-12-20(13-14)17-7-3-6-16-15(17)5-4-9-18-16/h3,6-7,14,18H,1-2,4-5,8-13H2. The summed E-state index contributed by atoms with van der Waals surface area (Å²) in [5.41, 5.74) is 4.43. The van der Waals surface area contributed by atoms with Crippen LogP contribution in [0, 0.1) is 0 Å². The third-order valence-electron chi connectivity index (χ3n) is 5.23. The second-order valence-corrected chi connectivity index (χ2v) is 6.47. The molecule has 1 N–H and O–H groups in total. The SMILES string of the molecule is c1cc2c(c(N3CCC(N4CCCC4)C3)c1)CCCN2. The molecule has 108 valence electrons. The van der Waals surface area contributed by atoms with Gasteiger partial charge in [0.1, 0.15) is 0 Å². The summed E-state index contributed by atoms with van der Waals surface area (Å²) < 4.78 is 0. The molecule has 0 aromatic heterocycles. The Labute approximate surface area is 121 Å². The number of nitrogens with zero attached hydrogens (tertiary/aromatic N) is 2. The number of benzene rings is 1. The Hall–Kier alpha value is -1.22. The molecular weight excluding hydrogens is 246 g/mol. The molecule has 1 unspecified atom stereocenters. The van der Waals surface area contributed by atoms with Gasteiger partial charge in [0.25, 0.3) is 0 Å². The zero-order valence-electron chi connectivity index (χ0n) is 12.3. The average Bonchev–Trinajstić information content (AvgIpc) is 3.17. The molecule has 0 spiro atoms. The highest BCUT2D eigenvalue weighted by Gasteiger charge is 2.30. The monoisotopic (exact) mass is 271 g/mol. The Morgan fingerprint density at radius 1 is 1.05 bits per heavy atom. The number of rotatable bonds is 2. The summed E-state index contributed by atoms with van der Waals surface area (Å²) >= 11 is 0. The van der Waals surface area contributed by atoms with Crippen molar-refractivity contribution in [2.45, 2.75) is 38.1 Å². The first-order valence-electron chi connectivity index (χ1n) is 8.26. The first-order chi connectivity index (χ1) is 9.92. The number of likely N-dealkylation sites (tertiary alicyclic amines) is 1. The highest BCUT2D eigenvalue weighted by atomic mass is 15.3. The molecule has 3 nitrogen and oxygen atoms in total. The highest BCUT2D eigenvalue weighted by molar-refractivity contribution is 5.68. The molecule has 4 rings (SSSR count). The number of fused-ring (bicyclic) bond motifs is 1. The van der Waals surface area contributed by atoms with Gasteiger partial charge in [-0.25, -0.2) is 0 Å². The van der Waals surface area contributed by atoms with Crippen LogP contribution >= 0.6 is 0 Å². The van der Waals surface area contributed by atoms with Crippen molar-refractivity contribution in [3.63, 3.8) is 0 Å². The summed E-state index contributed by atoms with van der Waals surface area (Å²) in [6, 6.07) is 7.59. The van der Waals surface area contributed by atoms with E-state index in [9.17, 15) is 0 Å². The zero-order valence-corrected chi connectivity index (χ0v) is 12.3. The van der Waals surface area contributed by atoms with Crippen molar-refractivity contribution in [3.8, 4) is 0 Å². The normalized spacial score (nSPS) is 26.6. The van der Waals surface area contributed by atoms with Gasteiger partial charge in [0, 0.05) is 37.1 Å². The molecule has 0 bridgehead atoms. The molecule has 3 heterocycles. The van der Waals surface area contributed by atoms with Crippen LogP contribution in [0.3, 0.4) is 0 Å².